The zero-order chi connectivity index (χ0) is 14.8. The highest BCUT2D eigenvalue weighted by Crippen LogP contribution is 2.35. The van der Waals surface area contributed by atoms with E-state index in [4.69, 9.17) is 0 Å². The lowest BCUT2D eigenvalue weighted by Crippen LogP contribution is -2.45. The summed E-state index contributed by atoms with van der Waals surface area (Å²) in [6.45, 7) is 6.18. The molecule has 1 saturated carbocycles. The molecule has 1 fully saturated rings. The Labute approximate surface area is 120 Å². The Balaban J connectivity index is 2.31. The normalized spacial score (nSPS) is 26.1. The van der Waals surface area contributed by atoms with Crippen molar-refractivity contribution in [1.82, 2.24) is 4.98 Å². The SMILES string of the molecule is Cc1cc(C)c(C#N)c(NC2(CO)CCC(C)CC2)n1. The second kappa shape index (κ2) is 5.80. The minimum atomic E-state index is -0.328. The number of aliphatic hydroxyl groups excluding tert-OH is 1. The van der Waals surface area contributed by atoms with Crippen molar-refractivity contribution in [3.63, 3.8) is 0 Å². The van der Waals surface area contributed by atoms with E-state index >= 15 is 0 Å². The van der Waals surface area contributed by atoms with Crippen molar-refractivity contribution in [3.05, 3.63) is 22.9 Å². The first kappa shape index (κ1) is 14.8. The summed E-state index contributed by atoms with van der Waals surface area (Å²) in [5.74, 6) is 1.33. The molecule has 4 heteroatoms. The van der Waals surface area contributed by atoms with Crippen LogP contribution in [0.25, 0.3) is 0 Å². The van der Waals surface area contributed by atoms with Gasteiger partial charge in [-0.05, 0) is 57.1 Å². The molecule has 0 aromatic carbocycles. The number of aliphatic hydroxyl groups is 1. The van der Waals surface area contributed by atoms with Gasteiger partial charge in [-0.2, -0.15) is 5.26 Å². The van der Waals surface area contributed by atoms with Gasteiger partial charge < -0.3 is 10.4 Å². The molecule has 1 aliphatic rings. The third-order valence-electron chi connectivity index (χ3n) is 4.37. The van der Waals surface area contributed by atoms with Gasteiger partial charge in [0.05, 0.1) is 17.7 Å². The first-order valence-electron chi connectivity index (χ1n) is 7.27. The summed E-state index contributed by atoms with van der Waals surface area (Å²) in [4.78, 5) is 4.47. The largest absolute Gasteiger partial charge is 0.394 e. The highest BCUT2D eigenvalue weighted by Gasteiger charge is 2.34. The number of aryl methyl sites for hydroxylation is 2. The first-order valence-corrected chi connectivity index (χ1v) is 7.27. The second-order valence-corrected chi connectivity index (χ2v) is 6.16. The molecule has 1 aromatic heterocycles. The van der Waals surface area contributed by atoms with Crippen LogP contribution in [0, 0.1) is 31.1 Å². The highest BCUT2D eigenvalue weighted by molar-refractivity contribution is 5.57. The Kier molecular flexibility index (Phi) is 4.29. The lowest BCUT2D eigenvalue weighted by Gasteiger charge is -2.39. The fourth-order valence-corrected chi connectivity index (χ4v) is 2.96. The van der Waals surface area contributed by atoms with E-state index in [1.165, 1.54) is 0 Å². The molecule has 1 heterocycles. The predicted octanol–water partition coefficient (Wildman–Crippen LogP) is 2.92. The molecule has 1 aliphatic carbocycles. The van der Waals surface area contributed by atoms with E-state index in [2.05, 4.69) is 23.3 Å². The number of rotatable bonds is 3. The fourth-order valence-electron chi connectivity index (χ4n) is 2.96. The number of pyridine rings is 1. The van der Waals surface area contributed by atoms with Gasteiger partial charge in [0.2, 0.25) is 0 Å². The first-order chi connectivity index (χ1) is 9.49. The summed E-state index contributed by atoms with van der Waals surface area (Å²) in [5.41, 5.74) is 2.08. The minimum Gasteiger partial charge on any atom is -0.394 e. The summed E-state index contributed by atoms with van der Waals surface area (Å²) >= 11 is 0. The molecule has 20 heavy (non-hydrogen) atoms. The van der Waals surface area contributed by atoms with Gasteiger partial charge in [0.15, 0.2) is 0 Å². The molecular formula is C16H23N3O. The van der Waals surface area contributed by atoms with Crippen molar-refractivity contribution in [1.29, 1.82) is 5.26 Å². The van der Waals surface area contributed by atoms with Crippen LogP contribution in [0.2, 0.25) is 0 Å². The van der Waals surface area contributed by atoms with Crippen LogP contribution in [0.1, 0.15) is 49.4 Å². The summed E-state index contributed by atoms with van der Waals surface area (Å²) in [6, 6.07) is 4.14. The Morgan fingerprint density at radius 3 is 2.65 bits per heavy atom. The summed E-state index contributed by atoms with van der Waals surface area (Å²) in [6.07, 6.45) is 4.04. The highest BCUT2D eigenvalue weighted by atomic mass is 16.3. The third-order valence-corrected chi connectivity index (χ3v) is 4.37. The smallest absolute Gasteiger partial charge is 0.144 e. The van der Waals surface area contributed by atoms with Crippen LogP contribution in [-0.4, -0.2) is 22.2 Å². The van der Waals surface area contributed by atoms with Gasteiger partial charge >= 0.3 is 0 Å². The maximum Gasteiger partial charge on any atom is 0.144 e. The van der Waals surface area contributed by atoms with Crippen LogP contribution in [0.5, 0.6) is 0 Å². The molecule has 0 amide bonds. The van der Waals surface area contributed by atoms with Crippen molar-refractivity contribution < 1.29 is 5.11 Å². The van der Waals surface area contributed by atoms with Crippen molar-refractivity contribution >= 4 is 5.82 Å². The molecule has 0 spiro atoms. The number of nitrogens with zero attached hydrogens (tertiary/aromatic N) is 2. The molecule has 108 valence electrons. The maximum absolute atomic E-state index is 9.82. The Bertz CT molecular complexity index is 525. The van der Waals surface area contributed by atoms with E-state index in [1.54, 1.807) is 0 Å². The van der Waals surface area contributed by atoms with Crippen LogP contribution in [0.15, 0.2) is 6.07 Å². The van der Waals surface area contributed by atoms with E-state index in [-0.39, 0.29) is 12.1 Å². The summed E-state index contributed by atoms with van der Waals surface area (Å²) in [5, 5.41) is 22.5. The molecule has 0 atom stereocenters. The third kappa shape index (κ3) is 2.94. The van der Waals surface area contributed by atoms with Crippen LogP contribution in [0.3, 0.4) is 0 Å². The average molecular weight is 273 g/mol. The van der Waals surface area contributed by atoms with E-state index in [0.717, 1.165) is 36.9 Å². The van der Waals surface area contributed by atoms with Crippen molar-refractivity contribution in [2.24, 2.45) is 5.92 Å². The topological polar surface area (TPSA) is 68.9 Å². The number of nitrogens with one attached hydrogen (secondary N) is 1. The van der Waals surface area contributed by atoms with Gasteiger partial charge in [-0.25, -0.2) is 4.98 Å². The molecule has 2 N–H and O–H groups in total. The minimum absolute atomic E-state index is 0.0826. The lowest BCUT2D eigenvalue weighted by atomic mass is 9.77. The monoisotopic (exact) mass is 273 g/mol. The van der Waals surface area contributed by atoms with Crippen LogP contribution >= 0.6 is 0 Å². The van der Waals surface area contributed by atoms with Crippen LogP contribution in [0.4, 0.5) is 5.82 Å². The van der Waals surface area contributed by atoms with Gasteiger partial charge in [-0.15, -0.1) is 0 Å². The van der Waals surface area contributed by atoms with E-state index in [0.29, 0.717) is 17.3 Å². The molecule has 0 unspecified atom stereocenters. The van der Waals surface area contributed by atoms with Gasteiger partial charge in [0.25, 0.3) is 0 Å². The molecule has 2 rings (SSSR count). The predicted molar refractivity (Wildman–Crippen MR) is 79.5 cm³/mol. The number of aromatic nitrogens is 1. The number of hydrogen-bond donors (Lipinski definition) is 2. The summed E-state index contributed by atoms with van der Waals surface area (Å²) in [7, 11) is 0. The van der Waals surface area contributed by atoms with Gasteiger partial charge in [0, 0.05) is 5.69 Å². The summed E-state index contributed by atoms with van der Waals surface area (Å²) < 4.78 is 0. The standard InChI is InChI=1S/C16H23N3O/c1-11-4-6-16(10-20,7-5-11)19-15-14(9-17)12(2)8-13(3)18-15/h8,11,20H,4-7,10H2,1-3H3,(H,18,19). The lowest BCUT2D eigenvalue weighted by molar-refractivity contribution is 0.155. The average Bonchev–Trinajstić information content (AvgIpc) is 2.41. The molecule has 0 aliphatic heterocycles. The molecule has 0 radical (unpaired) electrons. The number of hydrogen-bond acceptors (Lipinski definition) is 4. The van der Waals surface area contributed by atoms with Gasteiger partial charge in [0.1, 0.15) is 11.9 Å². The Hall–Kier alpha value is -1.60. The van der Waals surface area contributed by atoms with E-state index in [9.17, 15) is 10.4 Å². The van der Waals surface area contributed by atoms with Crippen LogP contribution in [-0.2, 0) is 0 Å². The van der Waals surface area contributed by atoms with E-state index in [1.807, 2.05) is 19.9 Å². The Morgan fingerprint density at radius 1 is 1.45 bits per heavy atom. The Morgan fingerprint density at radius 2 is 2.10 bits per heavy atom. The maximum atomic E-state index is 9.82. The number of nitriles is 1. The second-order valence-electron chi connectivity index (χ2n) is 6.16. The zero-order valence-corrected chi connectivity index (χ0v) is 12.5. The van der Waals surface area contributed by atoms with Gasteiger partial charge in [-0.1, -0.05) is 6.92 Å². The molecular weight excluding hydrogens is 250 g/mol. The van der Waals surface area contributed by atoms with Crippen molar-refractivity contribution in [2.45, 2.75) is 52.0 Å². The number of anilines is 1. The van der Waals surface area contributed by atoms with E-state index < -0.39 is 0 Å². The molecule has 4 nitrogen and oxygen atoms in total. The zero-order valence-electron chi connectivity index (χ0n) is 12.5. The molecule has 1 aromatic rings. The van der Waals surface area contributed by atoms with Crippen LogP contribution < -0.4 is 5.32 Å². The molecule has 0 bridgehead atoms. The van der Waals surface area contributed by atoms with Gasteiger partial charge in [-0.3, -0.25) is 0 Å². The van der Waals surface area contributed by atoms with Crippen molar-refractivity contribution in [3.8, 4) is 6.07 Å². The quantitative estimate of drug-likeness (QED) is 0.888. The fraction of sp³-hybridized carbons (Fsp3) is 0.625. The molecule has 0 saturated heterocycles. The van der Waals surface area contributed by atoms with Crippen molar-refractivity contribution in [2.75, 3.05) is 11.9 Å².